The Morgan fingerprint density at radius 1 is 1.15 bits per heavy atom. The lowest BCUT2D eigenvalue weighted by molar-refractivity contribution is 0.0634. The summed E-state index contributed by atoms with van der Waals surface area (Å²) in [6.45, 7) is 5.37. The molecule has 0 spiro atoms. The molecule has 1 aromatic carbocycles. The molecule has 0 aliphatic carbocycles. The van der Waals surface area contributed by atoms with Crippen LogP contribution < -0.4 is 10.1 Å². The summed E-state index contributed by atoms with van der Waals surface area (Å²) < 4.78 is 11.8. The summed E-state index contributed by atoms with van der Waals surface area (Å²) in [6.07, 6.45) is 2.60. The summed E-state index contributed by atoms with van der Waals surface area (Å²) >= 11 is 1.14. The molecule has 0 atom stereocenters. The number of aromatic nitrogens is 1. The van der Waals surface area contributed by atoms with Crippen molar-refractivity contribution in [3.8, 4) is 11.5 Å². The average Bonchev–Trinajstić information content (AvgIpc) is 3.00. The predicted molar refractivity (Wildman–Crippen MR) is 103 cm³/mol. The number of benzene rings is 1. The van der Waals surface area contributed by atoms with E-state index < -0.39 is 17.7 Å². The highest BCUT2D eigenvalue weighted by Gasteiger charge is 2.16. The van der Waals surface area contributed by atoms with Gasteiger partial charge in [-0.05, 0) is 51.1 Å². The molecule has 0 aliphatic rings. The van der Waals surface area contributed by atoms with Crippen molar-refractivity contribution in [2.24, 2.45) is 0 Å². The van der Waals surface area contributed by atoms with Crippen LogP contribution in [-0.2, 0) is 4.74 Å². The highest BCUT2D eigenvalue weighted by molar-refractivity contribution is 7.20. The Labute approximate surface area is 159 Å². The van der Waals surface area contributed by atoms with E-state index in [9.17, 15) is 9.59 Å². The Morgan fingerprint density at radius 3 is 2.48 bits per heavy atom. The van der Waals surface area contributed by atoms with Gasteiger partial charge in [0.1, 0.15) is 16.2 Å². The van der Waals surface area contributed by atoms with Crippen molar-refractivity contribution in [2.45, 2.75) is 26.4 Å². The van der Waals surface area contributed by atoms with Crippen LogP contribution >= 0.6 is 11.3 Å². The monoisotopic (exact) mass is 386 g/mol. The molecule has 3 rings (SSSR count). The third-order valence-electron chi connectivity index (χ3n) is 3.35. The number of amides is 1. The van der Waals surface area contributed by atoms with Crippen molar-refractivity contribution in [1.82, 2.24) is 4.98 Å². The fraction of sp³-hybridized carbons (Fsp3) is 0.211. The highest BCUT2D eigenvalue weighted by atomic mass is 32.1. The molecule has 27 heavy (non-hydrogen) atoms. The molecule has 8 heteroatoms. The number of fused-ring (bicyclic) bond motifs is 1. The number of nitrogens with one attached hydrogen (secondary N) is 1. The number of carboxylic acid groups (broad SMARTS) is 1. The Kier molecular flexibility index (Phi) is 5.00. The van der Waals surface area contributed by atoms with Crippen molar-refractivity contribution in [1.29, 1.82) is 0 Å². The Hall–Kier alpha value is -3.13. The van der Waals surface area contributed by atoms with E-state index in [0.717, 1.165) is 16.0 Å². The third-order valence-corrected chi connectivity index (χ3v) is 4.41. The van der Waals surface area contributed by atoms with Crippen molar-refractivity contribution in [3.63, 3.8) is 0 Å². The van der Waals surface area contributed by atoms with Gasteiger partial charge in [-0.3, -0.25) is 10.3 Å². The lowest BCUT2D eigenvalue weighted by atomic mass is 10.2. The molecule has 140 valence electrons. The van der Waals surface area contributed by atoms with E-state index in [1.807, 2.05) is 0 Å². The number of carboxylic acids is 1. The SMILES string of the molecule is CC(C)(C)OC(=O)Nc1ccc(Oc2cncc3sc(C(=O)O)cc23)cc1. The van der Waals surface area contributed by atoms with Crippen molar-refractivity contribution < 1.29 is 24.2 Å². The van der Waals surface area contributed by atoms with Crippen molar-refractivity contribution >= 4 is 39.2 Å². The zero-order valence-electron chi connectivity index (χ0n) is 15.0. The lowest BCUT2D eigenvalue weighted by Crippen LogP contribution is -2.27. The van der Waals surface area contributed by atoms with E-state index in [2.05, 4.69) is 10.3 Å². The molecule has 7 nitrogen and oxygen atoms in total. The zero-order valence-corrected chi connectivity index (χ0v) is 15.8. The number of ether oxygens (including phenoxy) is 2. The van der Waals surface area contributed by atoms with E-state index in [0.29, 0.717) is 22.6 Å². The maximum atomic E-state index is 11.8. The molecule has 0 radical (unpaired) electrons. The molecule has 2 heterocycles. The first-order chi connectivity index (χ1) is 12.7. The minimum absolute atomic E-state index is 0.222. The number of thiophene rings is 1. The van der Waals surface area contributed by atoms with Crippen LogP contribution in [0.5, 0.6) is 11.5 Å². The van der Waals surface area contributed by atoms with E-state index in [1.54, 1.807) is 57.3 Å². The van der Waals surface area contributed by atoms with E-state index >= 15 is 0 Å². The van der Waals surface area contributed by atoms with Gasteiger partial charge in [0.05, 0.1) is 10.9 Å². The van der Waals surface area contributed by atoms with Crippen molar-refractivity contribution in [2.75, 3.05) is 5.32 Å². The summed E-state index contributed by atoms with van der Waals surface area (Å²) in [6, 6.07) is 8.32. The van der Waals surface area contributed by atoms with E-state index in [-0.39, 0.29) is 4.88 Å². The fourth-order valence-electron chi connectivity index (χ4n) is 2.28. The number of hydrogen-bond donors (Lipinski definition) is 2. The van der Waals surface area contributed by atoms with Gasteiger partial charge in [0.2, 0.25) is 0 Å². The Morgan fingerprint density at radius 2 is 1.85 bits per heavy atom. The van der Waals surface area contributed by atoms with Crippen molar-refractivity contribution in [3.05, 3.63) is 47.6 Å². The minimum Gasteiger partial charge on any atom is -0.477 e. The number of carbonyl (C=O) groups is 2. The van der Waals surface area contributed by atoms with Crippen LogP contribution in [0.4, 0.5) is 10.5 Å². The molecular formula is C19H18N2O5S. The van der Waals surface area contributed by atoms with Gasteiger partial charge in [0, 0.05) is 17.3 Å². The molecule has 0 saturated carbocycles. The number of rotatable bonds is 4. The zero-order chi connectivity index (χ0) is 19.6. The number of hydrogen-bond acceptors (Lipinski definition) is 6. The van der Waals surface area contributed by atoms with E-state index in [4.69, 9.17) is 14.6 Å². The second kappa shape index (κ2) is 7.24. The van der Waals surface area contributed by atoms with Gasteiger partial charge in [-0.25, -0.2) is 9.59 Å². The summed E-state index contributed by atoms with van der Waals surface area (Å²) in [5.74, 6) is 0.00550. The van der Waals surface area contributed by atoms with Gasteiger partial charge in [0.25, 0.3) is 0 Å². The highest BCUT2D eigenvalue weighted by Crippen LogP contribution is 2.34. The number of aromatic carboxylic acids is 1. The number of anilines is 1. The summed E-state index contributed by atoms with van der Waals surface area (Å²) in [4.78, 5) is 27.3. The average molecular weight is 386 g/mol. The Balaban J connectivity index is 1.74. The Bertz CT molecular complexity index is 989. The first-order valence-corrected chi connectivity index (χ1v) is 8.92. The molecule has 0 fully saturated rings. The molecule has 0 saturated heterocycles. The number of nitrogens with zero attached hydrogens (tertiary/aromatic N) is 1. The minimum atomic E-state index is -0.986. The molecule has 1 amide bonds. The molecule has 3 aromatic rings. The standard InChI is InChI=1S/C19H18N2O5S/c1-19(2,3)26-18(24)21-11-4-6-12(7-5-11)25-14-9-20-10-16-13(14)8-15(27-16)17(22)23/h4-10H,1-3H3,(H,21,24)(H,22,23). The van der Waals surface area contributed by atoms with Crippen LogP contribution in [-0.4, -0.2) is 27.8 Å². The summed E-state index contributed by atoms with van der Waals surface area (Å²) in [5, 5.41) is 12.5. The van der Waals surface area contributed by atoms with Crippen LogP contribution in [0.3, 0.4) is 0 Å². The van der Waals surface area contributed by atoms with Crippen LogP contribution in [0.15, 0.2) is 42.7 Å². The van der Waals surface area contributed by atoms with E-state index in [1.165, 1.54) is 6.20 Å². The van der Waals surface area contributed by atoms with Gasteiger partial charge < -0.3 is 14.6 Å². The normalized spacial score (nSPS) is 11.2. The second-order valence-electron chi connectivity index (χ2n) is 6.72. The lowest BCUT2D eigenvalue weighted by Gasteiger charge is -2.19. The quantitative estimate of drug-likeness (QED) is 0.645. The van der Waals surface area contributed by atoms with Crippen LogP contribution in [0, 0.1) is 0 Å². The molecule has 0 bridgehead atoms. The molecule has 0 unspecified atom stereocenters. The maximum absolute atomic E-state index is 11.8. The third kappa shape index (κ3) is 4.73. The smallest absolute Gasteiger partial charge is 0.412 e. The molecular weight excluding hydrogens is 368 g/mol. The van der Waals surface area contributed by atoms with Gasteiger partial charge in [-0.1, -0.05) is 0 Å². The molecule has 0 aliphatic heterocycles. The fourth-order valence-corrected chi connectivity index (χ4v) is 3.16. The van der Waals surface area contributed by atoms with Gasteiger partial charge in [0.15, 0.2) is 5.75 Å². The predicted octanol–water partition coefficient (Wildman–Crippen LogP) is 5.13. The van der Waals surface area contributed by atoms with Gasteiger partial charge in [-0.2, -0.15) is 0 Å². The van der Waals surface area contributed by atoms with Gasteiger partial charge >= 0.3 is 12.1 Å². The second-order valence-corrected chi connectivity index (χ2v) is 7.80. The first-order valence-electron chi connectivity index (χ1n) is 8.10. The number of carbonyl (C=O) groups excluding carboxylic acids is 1. The van der Waals surface area contributed by atoms with Crippen LogP contribution in [0.25, 0.3) is 10.1 Å². The number of pyridine rings is 1. The summed E-state index contributed by atoms with van der Waals surface area (Å²) in [7, 11) is 0. The first kappa shape index (κ1) is 18.7. The largest absolute Gasteiger partial charge is 0.477 e. The van der Waals surface area contributed by atoms with Gasteiger partial charge in [-0.15, -0.1) is 11.3 Å². The molecule has 2 N–H and O–H groups in total. The van der Waals surface area contributed by atoms with Crippen LogP contribution in [0.1, 0.15) is 30.4 Å². The molecule has 2 aromatic heterocycles. The maximum Gasteiger partial charge on any atom is 0.412 e. The topological polar surface area (TPSA) is 97.8 Å². The van der Waals surface area contributed by atoms with Crippen LogP contribution in [0.2, 0.25) is 0 Å². The summed E-state index contributed by atoms with van der Waals surface area (Å²) in [5.41, 5.74) is -0.00892.